The molecule has 0 aliphatic heterocycles. The fraction of sp³-hybridized carbons (Fsp3) is 0.154. The number of ether oxygens (including phenoxy) is 2. The maximum atomic E-state index is 13.0. The summed E-state index contributed by atoms with van der Waals surface area (Å²) in [5.41, 5.74) is 14.0. The standard InChI is InChI=1S/C26H22F4N2O5/c27-25(28)26(29,30)37-22-9-5-17(6-10-22)24(35)36-21-7-2-15(3-8-21)11-18(23(33)34)4-1-16-12-19(31)14-20(32)13-16/h2-3,5-14,25H,1,4,31-32H2,(H,33,34)/b18-11+. The number of alkyl halides is 4. The highest BCUT2D eigenvalue weighted by molar-refractivity contribution is 5.92. The second-order valence-corrected chi connectivity index (χ2v) is 7.93. The van der Waals surface area contributed by atoms with Crippen molar-refractivity contribution in [3.05, 3.63) is 89.0 Å². The van der Waals surface area contributed by atoms with Crippen LogP contribution in [0, 0.1) is 0 Å². The molecule has 0 saturated heterocycles. The van der Waals surface area contributed by atoms with Gasteiger partial charge in [-0.05, 0) is 84.6 Å². The van der Waals surface area contributed by atoms with E-state index in [-0.39, 0.29) is 23.3 Å². The number of nitrogens with two attached hydrogens (primary N) is 2. The second-order valence-electron chi connectivity index (χ2n) is 7.93. The SMILES string of the molecule is Nc1cc(N)cc(CC/C(=C\c2ccc(OC(=O)c3ccc(OC(F)(F)C(F)F)cc3)cc2)C(=O)O)c1. The van der Waals surface area contributed by atoms with E-state index in [0.717, 1.165) is 29.8 Å². The molecular weight excluding hydrogens is 496 g/mol. The summed E-state index contributed by atoms with van der Waals surface area (Å²) in [6.45, 7) is 0. The van der Waals surface area contributed by atoms with Crippen molar-refractivity contribution in [2.24, 2.45) is 0 Å². The first-order valence-electron chi connectivity index (χ1n) is 10.8. The lowest BCUT2D eigenvalue weighted by Crippen LogP contribution is -2.33. The number of hydrogen-bond donors (Lipinski definition) is 3. The van der Waals surface area contributed by atoms with Crippen molar-refractivity contribution in [2.45, 2.75) is 25.4 Å². The Morgan fingerprint density at radius 3 is 2.03 bits per heavy atom. The van der Waals surface area contributed by atoms with Gasteiger partial charge < -0.3 is 26.0 Å². The van der Waals surface area contributed by atoms with Crippen LogP contribution in [-0.4, -0.2) is 29.6 Å². The number of benzene rings is 3. The van der Waals surface area contributed by atoms with Gasteiger partial charge in [-0.1, -0.05) is 12.1 Å². The van der Waals surface area contributed by atoms with E-state index in [9.17, 15) is 32.3 Å². The maximum Gasteiger partial charge on any atom is 0.461 e. The average molecular weight is 518 g/mol. The predicted octanol–water partition coefficient (Wildman–Crippen LogP) is 5.41. The molecule has 3 aromatic rings. The van der Waals surface area contributed by atoms with E-state index in [2.05, 4.69) is 4.74 Å². The van der Waals surface area contributed by atoms with Gasteiger partial charge in [0.2, 0.25) is 0 Å². The molecule has 0 aliphatic carbocycles. The lowest BCUT2D eigenvalue weighted by atomic mass is 10.0. The minimum atomic E-state index is -4.66. The maximum absolute atomic E-state index is 13.0. The van der Waals surface area contributed by atoms with Crippen molar-refractivity contribution >= 4 is 29.4 Å². The molecule has 0 heterocycles. The summed E-state index contributed by atoms with van der Waals surface area (Å²) in [4.78, 5) is 24.0. The van der Waals surface area contributed by atoms with E-state index in [0.29, 0.717) is 23.4 Å². The molecule has 0 amide bonds. The molecule has 11 heteroatoms. The van der Waals surface area contributed by atoms with Crippen LogP contribution in [0.4, 0.5) is 28.9 Å². The topological polar surface area (TPSA) is 125 Å². The summed E-state index contributed by atoms with van der Waals surface area (Å²) in [6, 6.07) is 15.1. The van der Waals surface area contributed by atoms with Crippen LogP contribution in [0.15, 0.2) is 72.3 Å². The zero-order valence-corrected chi connectivity index (χ0v) is 19.2. The quantitative estimate of drug-likeness (QED) is 0.108. The number of carboxylic acid groups (broad SMARTS) is 1. The number of carbonyl (C=O) groups excluding carboxylic acids is 1. The molecule has 0 spiro atoms. The van der Waals surface area contributed by atoms with Crippen molar-refractivity contribution in [1.29, 1.82) is 0 Å². The molecule has 37 heavy (non-hydrogen) atoms. The number of carboxylic acids is 1. The summed E-state index contributed by atoms with van der Waals surface area (Å²) in [7, 11) is 0. The van der Waals surface area contributed by atoms with Gasteiger partial charge in [-0.2, -0.15) is 17.6 Å². The van der Waals surface area contributed by atoms with Gasteiger partial charge in [0, 0.05) is 16.9 Å². The molecule has 0 saturated carbocycles. The van der Waals surface area contributed by atoms with Crippen LogP contribution in [0.1, 0.15) is 27.9 Å². The first kappa shape index (κ1) is 27.1. The first-order valence-corrected chi connectivity index (χ1v) is 10.8. The van der Waals surface area contributed by atoms with Crippen molar-refractivity contribution in [1.82, 2.24) is 0 Å². The Morgan fingerprint density at radius 1 is 0.919 bits per heavy atom. The molecule has 194 valence electrons. The Labute approximate surface area is 208 Å². The number of rotatable bonds is 10. The highest BCUT2D eigenvalue weighted by atomic mass is 19.3. The summed E-state index contributed by atoms with van der Waals surface area (Å²) in [6.07, 6.45) is -6.56. The molecular formula is C26H22F4N2O5. The van der Waals surface area contributed by atoms with Crippen LogP contribution in [0.5, 0.6) is 11.5 Å². The van der Waals surface area contributed by atoms with Gasteiger partial charge in [0.15, 0.2) is 0 Å². The molecule has 3 rings (SSSR count). The molecule has 0 aromatic heterocycles. The fourth-order valence-electron chi connectivity index (χ4n) is 3.27. The van der Waals surface area contributed by atoms with Gasteiger partial charge >= 0.3 is 24.5 Å². The van der Waals surface area contributed by atoms with E-state index in [1.54, 1.807) is 30.3 Å². The Hall–Kier alpha value is -4.54. The van der Waals surface area contributed by atoms with Crippen molar-refractivity contribution in [2.75, 3.05) is 11.5 Å². The number of hydrogen-bond acceptors (Lipinski definition) is 6. The van der Waals surface area contributed by atoms with Crippen LogP contribution in [0.3, 0.4) is 0 Å². The van der Waals surface area contributed by atoms with E-state index in [4.69, 9.17) is 16.2 Å². The highest BCUT2D eigenvalue weighted by Gasteiger charge is 2.43. The summed E-state index contributed by atoms with van der Waals surface area (Å²) >= 11 is 0. The molecule has 7 nitrogen and oxygen atoms in total. The Kier molecular flexibility index (Phi) is 8.38. The summed E-state index contributed by atoms with van der Waals surface area (Å²) < 4.78 is 59.6. The lowest BCUT2D eigenvalue weighted by Gasteiger charge is -2.16. The van der Waals surface area contributed by atoms with E-state index in [1.165, 1.54) is 18.2 Å². The smallest absolute Gasteiger partial charge is 0.461 e. The molecule has 5 N–H and O–H groups in total. The molecule has 3 aromatic carbocycles. The monoisotopic (exact) mass is 518 g/mol. The number of esters is 1. The lowest BCUT2D eigenvalue weighted by molar-refractivity contribution is -0.253. The number of aliphatic carboxylic acids is 1. The molecule has 0 aliphatic rings. The van der Waals surface area contributed by atoms with Gasteiger partial charge in [-0.25, -0.2) is 9.59 Å². The minimum Gasteiger partial charge on any atom is -0.478 e. The number of aryl methyl sites for hydroxylation is 1. The van der Waals surface area contributed by atoms with Crippen LogP contribution in [0.2, 0.25) is 0 Å². The zero-order valence-electron chi connectivity index (χ0n) is 19.2. The molecule has 0 bridgehead atoms. The molecule has 0 unspecified atom stereocenters. The van der Waals surface area contributed by atoms with E-state index in [1.807, 2.05) is 0 Å². The summed E-state index contributed by atoms with van der Waals surface area (Å²) in [5, 5.41) is 9.56. The fourth-order valence-corrected chi connectivity index (χ4v) is 3.27. The second kappa shape index (κ2) is 11.5. The van der Waals surface area contributed by atoms with Gasteiger partial charge in [-0.3, -0.25) is 0 Å². The van der Waals surface area contributed by atoms with Crippen molar-refractivity contribution < 1.29 is 41.7 Å². The minimum absolute atomic E-state index is 0.0352. The predicted molar refractivity (Wildman–Crippen MR) is 129 cm³/mol. The summed E-state index contributed by atoms with van der Waals surface area (Å²) in [5.74, 6) is -2.33. The van der Waals surface area contributed by atoms with Crippen LogP contribution in [-0.2, 0) is 11.2 Å². The van der Waals surface area contributed by atoms with Gasteiger partial charge in [0.05, 0.1) is 5.56 Å². The Morgan fingerprint density at radius 2 is 1.49 bits per heavy atom. The van der Waals surface area contributed by atoms with Crippen LogP contribution in [0.25, 0.3) is 6.08 Å². The number of anilines is 2. The third kappa shape index (κ3) is 7.72. The Balaban J connectivity index is 1.63. The normalized spacial score (nSPS) is 11.9. The number of halogens is 4. The van der Waals surface area contributed by atoms with Crippen molar-refractivity contribution in [3.8, 4) is 11.5 Å². The van der Waals surface area contributed by atoms with Crippen LogP contribution >= 0.6 is 0 Å². The highest BCUT2D eigenvalue weighted by Crippen LogP contribution is 2.28. The zero-order chi connectivity index (χ0) is 27.2. The third-order valence-electron chi connectivity index (χ3n) is 5.02. The van der Waals surface area contributed by atoms with Gasteiger partial charge in [-0.15, -0.1) is 0 Å². The largest absolute Gasteiger partial charge is 0.478 e. The van der Waals surface area contributed by atoms with Crippen LogP contribution < -0.4 is 20.9 Å². The van der Waals surface area contributed by atoms with Gasteiger partial charge in [0.1, 0.15) is 11.5 Å². The Bertz CT molecular complexity index is 1270. The molecule has 0 fully saturated rings. The van der Waals surface area contributed by atoms with Gasteiger partial charge in [0.25, 0.3) is 0 Å². The first-order chi connectivity index (χ1) is 17.4. The van der Waals surface area contributed by atoms with E-state index >= 15 is 0 Å². The third-order valence-corrected chi connectivity index (χ3v) is 5.02. The average Bonchev–Trinajstić information content (AvgIpc) is 2.82. The van der Waals surface area contributed by atoms with Crippen molar-refractivity contribution in [3.63, 3.8) is 0 Å². The van der Waals surface area contributed by atoms with E-state index < -0.39 is 30.2 Å². The molecule has 0 radical (unpaired) electrons. The number of carbonyl (C=O) groups is 2. The number of nitrogen functional groups attached to an aromatic ring is 2. The molecule has 0 atom stereocenters.